The Labute approximate surface area is 236 Å². The number of phenolic OH excluding ortho intramolecular Hbond substituents is 1. The van der Waals surface area contributed by atoms with Gasteiger partial charge in [-0.05, 0) is 66.3 Å². The van der Waals surface area contributed by atoms with E-state index in [2.05, 4.69) is 98.2 Å². The zero-order valence-electron chi connectivity index (χ0n) is 23.7. The van der Waals surface area contributed by atoms with Gasteiger partial charge < -0.3 is 14.9 Å². The maximum atomic E-state index is 10.4. The summed E-state index contributed by atoms with van der Waals surface area (Å²) < 4.78 is 1.69. The second-order valence-corrected chi connectivity index (χ2v) is 11.0. The summed E-state index contributed by atoms with van der Waals surface area (Å²) in [5.41, 5.74) is 9.06. The average Bonchev–Trinajstić information content (AvgIpc) is 3.54. The molecule has 202 valence electrons. The molecular formula is C34H35N5O. The van der Waals surface area contributed by atoms with Crippen LogP contribution in [-0.2, 0) is 0 Å². The first-order valence-corrected chi connectivity index (χ1v) is 13.9. The van der Waals surface area contributed by atoms with Crippen molar-refractivity contribution in [2.24, 2.45) is 0 Å². The zero-order chi connectivity index (χ0) is 28.0. The number of aryl methyl sites for hydroxylation is 1. The average molecular weight is 530 g/mol. The summed E-state index contributed by atoms with van der Waals surface area (Å²) in [6, 6.07) is 31.0. The summed E-state index contributed by atoms with van der Waals surface area (Å²) in [5, 5.41) is 15.1. The molecule has 4 aromatic carbocycles. The fourth-order valence-electron chi connectivity index (χ4n) is 5.65. The number of rotatable bonds is 6. The van der Waals surface area contributed by atoms with Gasteiger partial charge in [0.2, 0.25) is 0 Å². The topological polar surface area (TPSA) is 57.4 Å². The summed E-state index contributed by atoms with van der Waals surface area (Å²) in [6.45, 7) is 11.7. The molecule has 6 heteroatoms. The lowest BCUT2D eigenvalue weighted by atomic mass is 9.92. The van der Waals surface area contributed by atoms with Crippen LogP contribution in [0.15, 0.2) is 91.0 Å². The quantitative estimate of drug-likeness (QED) is 0.239. The van der Waals surface area contributed by atoms with Crippen LogP contribution in [0.1, 0.15) is 56.5 Å². The third-order valence-corrected chi connectivity index (χ3v) is 7.65. The van der Waals surface area contributed by atoms with E-state index in [0.29, 0.717) is 35.8 Å². The second kappa shape index (κ2) is 10.2. The first-order valence-electron chi connectivity index (χ1n) is 13.9. The highest BCUT2D eigenvalue weighted by atomic mass is 16.3. The lowest BCUT2D eigenvalue weighted by Gasteiger charge is -2.29. The number of phenols is 1. The van der Waals surface area contributed by atoms with Gasteiger partial charge in [0.15, 0.2) is 5.82 Å². The van der Waals surface area contributed by atoms with E-state index in [4.69, 9.17) is 10.1 Å². The van der Waals surface area contributed by atoms with Crippen LogP contribution in [0.25, 0.3) is 17.1 Å². The van der Waals surface area contributed by atoms with Crippen molar-refractivity contribution in [3.8, 4) is 22.8 Å². The number of para-hydroxylation sites is 5. The smallest absolute Gasteiger partial charge is 0.181 e. The predicted molar refractivity (Wildman–Crippen MR) is 163 cm³/mol. The molecule has 1 aromatic heterocycles. The lowest BCUT2D eigenvalue weighted by Crippen LogP contribution is -2.26. The SMILES string of the molecule is Cc1nc(-c2cccc(N3CN(c4c(C(C)C)cccc4C(C)C)c4ccccc43)c2)nn1-c1ccccc1O. The largest absolute Gasteiger partial charge is 0.506 e. The Hall–Kier alpha value is -4.58. The van der Waals surface area contributed by atoms with Crippen molar-refractivity contribution >= 4 is 22.7 Å². The molecule has 0 unspecified atom stereocenters. The molecule has 2 heterocycles. The first-order chi connectivity index (χ1) is 19.3. The highest BCUT2D eigenvalue weighted by Gasteiger charge is 2.31. The van der Waals surface area contributed by atoms with E-state index in [1.54, 1.807) is 16.8 Å². The third kappa shape index (κ3) is 4.39. The molecule has 0 saturated carbocycles. The Kier molecular flexibility index (Phi) is 6.54. The molecule has 0 atom stereocenters. The lowest BCUT2D eigenvalue weighted by molar-refractivity contribution is 0.470. The van der Waals surface area contributed by atoms with Crippen LogP contribution in [0.2, 0.25) is 0 Å². The number of aromatic nitrogens is 3. The Morgan fingerprint density at radius 2 is 1.30 bits per heavy atom. The minimum atomic E-state index is 0.173. The van der Waals surface area contributed by atoms with Gasteiger partial charge >= 0.3 is 0 Å². The minimum absolute atomic E-state index is 0.173. The van der Waals surface area contributed by atoms with Crippen LogP contribution >= 0.6 is 0 Å². The van der Waals surface area contributed by atoms with Crippen LogP contribution in [0.5, 0.6) is 5.75 Å². The number of fused-ring (bicyclic) bond motifs is 1. The molecule has 1 aliphatic rings. The second-order valence-electron chi connectivity index (χ2n) is 11.0. The highest BCUT2D eigenvalue weighted by molar-refractivity contribution is 5.89. The van der Waals surface area contributed by atoms with E-state index < -0.39 is 0 Å². The van der Waals surface area contributed by atoms with Gasteiger partial charge in [-0.2, -0.15) is 0 Å². The van der Waals surface area contributed by atoms with Crippen molar-refractivity contribution in [2.45, 2.75) is 46.5 Å². The molecule has 0 bridgehead atoms. The molecule has 1 aliphatic heterocycles. The number of anilines is 4. The minimum Gasteiger partial charge on any atom is -0.506 e. The van der Waals surface area contributed by atoms with Gasteiger partial charge in [-0.1, -0.05) is 82.3 Å². The van der Waals surface area contributed by atoms with Gasteiger partial charge in [-0.3, -0.25) is 0 Å². The fourth-order valence-corrected chi connectivity index (χ4v) is 5.65. The van der Waals surface area contributed by atoms with E-state index in [1.807, 2.05) is 25.1 Å². The van der Waals surface area contributed by atoms with E-state index in [9.17, 15) is 5.11 Å². The van der Waals surface area contributed by atoms with Crippen molar-refractivity contribution in [1.82, 2.24) is 14.8 Å². The Morgan fingerprint density at radius 3 is 1.95 bits per heavy atom. The molecule has 0 amide bonds. The predicted octanol–water partition coefficient (Wildman–Crippen LogP) is 8.44. The van der Waals surface area contributed by atoms with Crippen LogP contribution in [0.3, 0.4) is 0 Å². The van der Waals surface area contributed by atoms with Gasteiger partial charge in [0.1, 0.15) is 23.9 Å². The van der Waals surface area contributed by atoms with Gasteiger partial charge in [-0.25, -0.2) is 9.67 Å². The summed E-state index contributed by atoms with van der Waals surface area (Å²) >= 11 is 0. The molecule has 1 N–H and O–H groups in total. The van der Waals surface area contributed by atoms with Crippen LogP contribution in [0.4, 0.5) is 22.7 Å². The molecule has 0 spiro atoms. The maximum absolute atomic E-state index is 10.4. The summed E-state index contributed by atoms with van der Waals surface area (Å²) in [6.07, 6.45) is 0. The molecular weight excluding hydrogens is 494 g/mol. The van der Waals surface area contributed by atoms with Crippen LogP contribution in [-0.4, -0.2) is 26.5 Å². The van der Waals surface area contributed by atoms with Gasteiger partial charge in [0, 0.05) is 16.9 Å². The van der Waals surface area contributed by atoms with E-state index in [-0.39, 0.29) is 5.75 Å². The molecule has 6 nitrogen and oxygen atoms in total. The number of aromatic hydroxyl groups is 1. The highest BCUT2D eigenvalue weighted by Crippen LogP contribution is 2.48. The van der Waals surface area contributed by atoms with E-state index in [1.165, 1.54) is 28.2 Å². The van der Waals surface area contributed by atoms with Crippen molar-refractivity contribution in [1.29, 1.82) is 0 Å². The van der Waals surface area contributed by atoms with Gasteiger partial charge in [0.25, 0.3) is 0 Å². The number of hydrogen-bond donors (Lipinski definition) is 1. The maximum Gasteiger partial charge on any atom is 0.181 e. The summed E-state index contributed by atoms with van der Waals surface area (Å²) in [7, 11) is 0. The van der Waals surface area contributed by atoms with E-state index in [0.717, 1.165) is 11.3 Å². The van der Waals surface area contributed by atoms with Crippen LogP contribution in [0, 0.1) is 6.92 Å². The van der Waals surface area contributed by atoms with Crippen molar-refractivity contribution in [3.05, 3.63) is 108 Å². The normalized spacial score (nSPS) is 13.0. The molecule has 5 aromatic rings. The van der Waals surface area contributed by atoms with E-state index >= 15 is 0 Å². The zero-order valence-corrected chi connectivity index (χ0v) is 23.7. The molecule has 0 aliphatic carbocycles. The first kappa shape index (κ1) is 25.7. The molecule has 6 rings (SSSR count). The third-order valence-electron chi connectivity index (χ3n) is 7.65. The van der Waals surface area contributed by atoms with Crippen LogP contribution < -0.4 is 9.80 Å². The number of benzene rings is 4. The van der Waals surface area contributed by atoms with Crippen molar-refractivity contribution < 1.29 is 5.11 Å². The molecule has 0 saturated heterocycles. The Balaban J connectivity index is 1.41. The fraction of sp³-hybridized carbons (Fsp3) is 0.235. The standard InChI is InChI=1S/C34H35N5O/c1-22(2)27-14-11-15-28(23(3)4)33(27)38-21-37(29-16-6-7-17-30(29)38)26-13-10-12-25(20-26)34-35-24(5)39(36-34)31-18-8-9-19-32(31)40/h6-20,22-23,40H,21H2,1-5H3. The summed E-state index contributed by atoms with van der Waals surface area (Å²) in [5.74, 6) is 2.33. The van der Waals surface area contributed by atoms with Crippen molar-refractivity contribution in [3.63, 3.8) is 0 Å². The molecule has 0 radical (unpaired) electrons. The van der Waals surface area contributed by atoms with Crippen molar-refractivity contribution in [2.75, 3.05) is 16.5 Å². The molecule has 0 fully saturated rings. The van der Waals surface area contributed by atoms with Gasteiger partial charge in [0.05, 0.1) is 11.4 Å². The van der Waals surface area contributed by atoms with Gasteiger partial charge in [-0.15, -0.1) is 5.10 Å². The number of hydrogen-bond acceptors (Lipinski definition) is 5. The monoisotopic (exact) mass is 529 g/mol. The summed E-state index contributed by atoms with van der Waals surface area (Å²) in [4.78, 5) is 9.59. The number of nitrogens with zero attached hydrogens (tertiary/aromatic N) is 5. The molecule has 40 heavy (non-hydrogen) atoms. The Bertz CT molecular complexity index is 1660. The Morgan fingerprint density at radius 1 is 0.700 bits per heavy atom.